The largest absolute Gasteiger partial charge is 0.480 e. The van der Waals surface area contributed by atoms with Gasteiger partial charge in [0.05, 0.1) is 10.0 Å². The van der Waals surface area contributed by atoms with Crippen LogP contribution in [0.4, 0.5) is 0 Å². The van der Waals surface area contributed by atoms with Crippen molar-refractivity contribution in [2.45, 2.75) is 0 Å². The molecule has 1 aromatic carbocycles. The molecule has 2 N–H and O–H groups in total. The van der Waals surface area contributed by atoms with Gasteiger partial charge in [0.15, 0.2) is 0 Å². The second-order valence-electron chi connectivity index (χ2n) is 2.42. The van der Waals surface area contributed by atoms with E-state index in [0.717, 1.165) is 0 Å². The highest BCUT2D eigenvalue weighted by Gasteiger charge is 2.03. The molecule has 13 heavy (non-hydrogen) atoms. The Hall–Kier alpha value is -0.475. The first-order valence-electron chi connectivity index (χ1n) is 3.59. The lowest BCUT2D eigenvalue weighted by atomic mass is 9.91. The molecule has 0 atom stereocenters. The van der Waals surface area contributed by atoms with Crippen molar-refractivity contribution in [2.75, 3.05) is 0 Å². The van der Waals surface area contributed by atoms with Gasteiger partial charge in [-0.3, -0.25) is 0 Å². The summed E-state index contributed by atoms with van der Waals surface area (Å²) >= 11 is 11.6. The number of halogens is 2. The van der Waals surface area contributed by atoms with E-state index >= 15 is 0 Å². The Balaban J connectivity index is 2.95. The van der Waals surface area contributed by atoms with E-state index in [1.165, 1.54) is 12.1 Å². The summed E-state index contributed by atoms with van der Waals surface area (Å²) < 4.78 is 0. The van der Waals surface area contributed by atoms with Crippen LogP contribution in [0.1, 0.15) is 5.56 Å². The molecule has 0 saturated carbocycles. The molecule has 1 rings (SSSR count). The zero-order valence-electron chi connectivity index (χ0n) is 6.61. The third-order valence-corrected chi connectivity index (χ3v) is 2.26. The maximum Gasteiger partial charge on any atom is 0.480 e. The summed E-state index contributed by atoms with van der Waals surface area (Å²) in [6, 6.07) is 5.13. The number of benzene rings is 1. The van der Waals surface area contributed by atoms with Gasteiger partial charge in [0.1, 0.15) is 0 Å². The summed E-state index contributed by atoms with van der Waals surface area (Å²) in [5.74, 6) is 1.21. The smallest absolute Gasteiger partial charge is 0.424 e. The van der Waals surface area contributed by atoms with Crippen molar-refractivity contribution in [3.63, 3.8) is 0 Å². The van der Waals surface area contributed by atoms with E-state index in [0.29, 0.717) is 15.6 Å². The van der Waals surface area contributed by atoms with Crippen molar-refractivity contribution in [3.05, 3.63) is 39.8 Å². The Morgan fingerprint density at radius 3 is 2.54 bits per heavy atom. The average molecular weight is 217 g/mol. The molecule has 0 aromatic heterocycles. The maximum absolute atomic E-state index is 8.57. The van der Waals surface area contributed by atoms with Crippen molar-refractivity contribution < 1.29 is 10.0 Å². The van der Waals surface area contributed by atoms with Gasteiger partial charge in [-0.1, -0.05) is 47.4 Å². The highest BCUT2D eigenvalue weighted by Crippen LogP contribution is 2.26. The van der Waals surface area contributed by atoms with Gasteiger partial charge >= 0.3 is 7.12 Å². The predicted molar refractivity (Wildman–Crippen MR) is 55.7 cm³/mol. The zero-order chi connectivity index (χ0) is 9.84. The normalized spacial score (nSPS) is 10.8. The van der Waals surface area contributed by atoms with Crippen LogP contribution in [-0.4, -0.2) is 17.2 Å². The molecule has 0 aliphatic heterocycles. The summed E-state index contributed by atoms with van der Waals surface area (Å²) in [6.07, 6.45) is 1.50. The SMILES string of the molecule is OB(O)/C=C/c1cccc(Cl)c1Cl. The molecular weight excluding hydrogens is 210 g/mol. The monoisotopic (exact) mass is 216 g/mol. The minimum atomic E-state index is -1.48. The van der Waals surface area contributed by atoms with E-state index in [9.17, 15) is 0 Å². The van der Waals surface area contributed by atoms with Crippen LogP contribution in [0.25, 0.3) is 6.08 Å². The second kappa shape index (κ2) is 4.68. The van der Waals surface area contributed by atoms with Crippen LogP contribution in [0.2, 0.25) is 10.0 Å². The summed E-state index contributed by atoms with van der Waals surface area (Å²) in [5, 5.41) is 18.0. The van der Waals surface area contributed by atoms with E-state index in [1.807, 2.05) is 0 Å². The molecule has 0 fully saturated rings. The average Bonchev–Trinajstić information content (AvgIpc) is 2.07. The molecule has 5 heteroatoms. The molecule has 0 saturated heterocycles. The van der Waals surface area contributed by atoms with Crippen molar-refractivity contribution in [1.82, 2.24) is 0 Å². The molecule has 68 valence electrons. The van der Waals surface area contributed by atoms with Gasteiger partial charge in [-0.15, -0.1) is 0 Å². The summed E-state index contributed by atoms with van der Waals surface area (Å²) in [6.45, 7) is 0. The molecule has 1 aromatic rings. The number of rotatable bonds is 2. The Kier molecular flexibility index (Phi) is 3.81. The number of hydrogen-bond donors (Lipinski definition) is 2. The molecular formula is C8H7BCl2O2. The molecule has 0 bridgehead atoms. The van der Waals surface area contributed by atoms with Gasteiger partial charge in [0.2, 0.25) is 0 Å². The van der Waals surface area contributed by atoms with Gasteiger partial charge < -0.3 is 10.0 Å². The van der Waals surface area contributed by atoms with Gasteiger partial charge in [-0.05, 0) is 11.6 Å². The third-order valence-electron chi connectivity index (χ3n) is 1.43. The summed E-state index contributed by atoms with van der Waals surface area (Å²) in [7, 11) is -1.48. The Bertz CT molecular complexity index is 326. The lowest BCUT2D eigenvalue weighted by Crippen LogP contribution is -2.05. The highest BCUT2D eigenvalue weighted by atomic mass is 35.5. The van der Waals surface area contributed by atoms with Crippen molar-refractivity contribution in [1.29, 1.82) is 0 Å². The van der Waals surface area contributed by atoms with Gasteiger partial charge in [0.25, 0.3) is 0 Å². The van der Waals surface area contributed by atoms with Crippen LogP contribution in [0.3, 0.4) is 0 Å². The van der Waals surface area contributed by atoms with Crippen molar-refractivity contribution in [2.24, 2.45) is 0 Å². The molecule has 0 amide bonds. The van der Waals surface area contributed by atoms with Crippen molar-refractivity contribution >= 4 is 36.4 Å². The molecule has 0 heterocycles. The maximum atomic E-state index is 8.57. The third kappa shape index (κ3) is 3.05. The van der Waals surface area contributed by atoms with Crippen LogP contribution in [0.15, 0.2) is 24.2 Å². The molecule has 0 spiro atoms. The minimum absolute atomic E-state index is 0.404. The first kappa shape index (κ1) is 10.6. The molecule has 0 aliphatic rings. The van der Waals surface area contributed by atoms with E-state index in [2.05, 4.69) is 0 Å². The Morgan fingerprint density at radius 2 is 1.92 bits per heavy atom. The summed E-state index contributed by atoms with van der Waals surface area (Å²) in [4.78, 5) is 0. The van der Waals surface area contributed by atoms with Crippen LogP contribution in [0.5, 0.6) is 0 Å². The van der Waals surface area contributed by atoms with Crippen LogP contribution in [-0.2, 0) is 0 Å². The number of hydrogen-bond acceptors (Lipinski definition) is 2. The highest BCUT2D eigenvalue weighted by molar-refractivity contribution is 6.49. The first-order chi connectivity index (χ1) is 6.11. The van der Waals surface area contributed by atoms with E-state index in [-0.39, 0.29) is 0 Å². The van der Waals surface area contributed by atoms with Crippen LogP contribution >= 0.6 is 23.2 Å². The van der Waals surface area contributed by atoms with Crippen molar-refractivity contribution in [3.8, 4) is 0 Å². The molecule has 0 aliphatic carbocycles. The Morgan fingerprint density at radius 1 is 1.23 bits per heavy atom. The van der Waals surface area contributed by atoms with E-state index in [4.69, 9.17) is 33.2 Å². The summed E-state index contributed by atoms with van der Waals surface area (Å²) in [5.41, 5.74) is 0.655. The van der Waals surface area contributed by atoms with E-state index in [1.54, 1.807) is 18.2 Å². The minimum Gasteiger partial charge on any atom is -0.424 e. The van der Waals surface area contributed by atoms with Crippen LogP contribution in [0, 0.1) is 0 Å². The standard InChI is InChI=1S/C8H7BCl2O2/c10-7-3-1-2-6(8(7)11)4-5-9(12)13/h1-5,12-13H/b5-4+. The van der Waals surface area contributed by atoms with Gasteiger partial charge in [-0.2, -0.15) is 0 Å². The lowest BCUT2D eigenvalue weighted by molar-refractivity contribution is 0.424. The fourth-order valence-electron chi connectivity index (χ4n) is 0.839. The molecule has 2 nitrogen and oxygen atoms in total. The van der Waals surface area contributed by atoms with Gasteiger partial charge in [0, 0.05) is 0 Å². The fraction of sp³-hybridized carbons (Fsp3) is 0. The molecule has 0 unspecified atom stereocenters. The van der Waals surface area contributed by atoms with Crippen LogP contribution < -0.4 is 0 Å². The zero-order valence-corrected chi connectivity index (χ0v) is 8.13. The molecule has 0 radical (unpaired) electrons. The quantitative estimate of drug-likeness (QED) is 0.743. The second-order valence-corrected chi connectivity index (χ2v) is 3.20. The Labute approximate surface area is 86.6 Å². The van der Waals surface area contributed by atoms with Gasteiger partial charge in [-0.25, -0.2) is 0 Å². The predicted octanol–water partition coefficient (Wildman–Crippen LogP) is 2.02. The topological polar surface area (TPSA) is 40.5 Å². The lowest BCUT2D eigenvalue weighted by Gasteiger charge is -1.99. The fourth-order valence-corrected chi connectivity index (χ4v) is 1.21. The first-order valence-corrected chi connectivity index (χ1v) is 4.35. The van der Waals surface area contributed by atoms with E-state index < -0.39 is 7.12 Å².